The maximum Gasteiger partial charge on any atom is 0.254 e. The van der Waals surface area contributed by atoms with Crippen LogP contribution in [0.2, 0.25) is 0 Å². The van der Waals surface area contributed by atoms with Gasteiger partial charge in [-0.15, -0.1) is 10.2 Å². The molecule has 1 N–H and O–H groups in total. The van der Waals surface area contributed by atoms with E-state index >= 15 is 0 Å². The Hall–Kier alpha value is -1.77. The van der Waals surface area contributed by atoms with Crippen molar-refractivity contribution in [3.63, 3.8) is 0 Å². The quantitative estimate of drug-likeness (QED) is 0.880. The van der Waals surface area contributed by atoms with Gasteiger partial charge in [0.25, 0.3) is 5.91 Å². The Labute approximate surface area is 140 Å². The normalized spacial score (nSPS) is 26.0. The van der Waals surface area contributed by atoms with Crippen molar-refractivity contribution in [1.29, 1.82) is 0 Å². The average Bonchev–Trinajstić information content (AvgIpc) is 3.29. The average molecular weight is 334 g/mol. The zero-order chi connectivity index (χ0) is 16.4. The number of anilines is 2. The van der Waals surface area contributed by atoms with Crippen molar-refractivity contribution >= 4 is 17.5 Å². The molecule has 0 aromatic carbocycles. The summed E-state index contributed by atoms with van der Waals surface area (Å²) in [6.45, 7) is 3.64. The Bertz CT molecular complexity index is 572. The molecule has 0 radical (unpaired) electrons. The number of nitrogens with one attached hydrogen (secondary N) is 1. The summed E-state index contributed by atoms with van der Waals surface area (Å²) in [4.78, 5) is 14.2. The van der Waals surface area contributed by atoms with E-state index < -0.39 is 0 Å². The van der Waals surface area contributed by atoms with E-state index in [2.05, 4.69) is 20.4 Å². The molecular weight excluding hydrogens is 312 g/mol. The first-order valence-corrected chi connectivity index (χ1v) is 8.53. The van der Waals surface area contributed by atoms with Gasteiger partial charge in [0.2, 0.25) is 0 Å². The molecule has 0 bridgehead atoms. The summed E-state index contributed by atoms with van der Waals surface area (Å²) < 4.78 is 16.8. The van der Waals surface area contributed by atoms with Crippen molar-refractivity contribution in [2.24, 2.45) is 0 Å². The van der Waals surface area contributed by atoms with Gasteiger partial charge in [0.05, 0.1) is 13.2 Å². The minimum absolute atomic E-state index is 0.148. The first-order chi connectivity index (χ1) is 11.7. The van der Waals surface area contributed by atoms with E-state index in [-0.39, 0.29) is 17.8 Å². The van der Waals surface area contributed by atoms with Crippen LogP contribution in [-0.4, -0.2) is 60.9 Å². The number of ether oxygens (including phenoxy) is 3. The van der Waals surface area contributed by atoms with Crippen molar-refractivity contribution in [3.05, 3.63) is 12.1 Å². The highest BCUT2D eigenvalue weighted by Gasteiger charge is 2.40. The highest BCUT2D eigenvalue weighted by Crippen LogP contribution is 2.32. The maximum atomic E-state index is 12.0. The van der Waals surface area contributed by atoms with Crippen LogP contribution in [0, 0.1) is 0 Å². The summed E-state index contributed by atoms with van der Waals surface area (Å²) in [5.41, 5.74) is 0. The van der Waals surface area contributed by atoms with Crippen LogP contribution in [0.5, 0.6) is 0 Å². The zero-order valence-electron chi connectivity index (χ0n) is 13.6. The molecule has 3 fully saturated rings. The zero-order valence-corrected chi connectivity index (χ0v) is 13.6. The van der Waals surface area contributed by atoms with Gasteiger partial charge in [-0.1, -0.05) is 0 Å². The fraction of sp³-hybridized carbons (Fsp3) is 0.688. The molecule has 8 nitrogen and oxygen atoms in total. The van der Waals surface area contributed by atoms with Crippen molar-refractivity contribution < 1.29 is 19.0 Å². The van der Waals surface area contributed by atoms with Gasteiger partial charge in [-0.25, -0.2) is 0 Å². The molecule has 4 heterocycles. The van der Waals surface area contributed by atoms with Crippen LogP contribution >= 0.6 is 0 Å². The first kappa shape index (κ1) is 15.7. The third kappa shape index (κ3) is 3.22. The van der Waals surface area contributed by atoms with Crippen molar-refractivity contribution in [2.45, 2.75) is 37.6 Å². The molecular formula is C16H22N4O4. The van der Waals surface area contributed by atoms with Gasteiger partial charge in [0.1, 0.15) is 6.10 Å². The summed E-state index contributed by atoms with van der Waals surface area (Å²) in [6.07, 6.45) is 2.97. The number of nitrogens with zero attached hydrogens (tertiary/aromatic N) is 3. The van der Waals surface area contributed by atoms with Crippen LogP contribution < -0.4 is 10.2 Å². The van der Waals surface area contributed by atoms with Crippen LogP contribution in [-0.2, 0) is 19.0 Å². The van der Waals surface area contributed by atoms with E-state index in [0.29, 0.717) is 25.6 Å². The Balaban J connectivity index is 1.33. The van der Waals surface area contributed by atoms with E-state index in [1.807, 2.05) is 6.07 Å². The van der Waals surface area contributed by atoms with Gasteiger partial charge in [-0.2, -0.15) is 0 Å². The second kappa shape index (κ2) is 6.62. The maximum absolute atomic E-state index is 12.0. The Kier molecular flexibility index (Phi) is 4.34. The molecule has 130 valence electrons. The number of amides is 1. The lowest BCUT2D eigenvalue weighted by Gasteiger charge is -2.37. The fourth-order valence-corrected chi connectivity index (χ4v) is 3.41. The molecule has 0 saturated carbocycles. The van der Waals surface area contributed by atoms with Crippen molar-refractivity contribution in [3.8, 4) is 0 Å². The SMILES string of the molecule is O=C(Nc1ccc(N2CCC3(CC2)OCCO3)nn1)C1CCCO1. The second-order valence-corrected chi connectivity index (χ2v) is 6.36. The summed E-state index contributed by atoms with van der Waals surface area (Å²) in [5.74, 6) is 0.720. The van der Waals surface area contributed by atoms with Crippen LogP contribution in [0.15, 0.2) is 12.1 Å². The van der Waals surface area contributed by atoms with Gasteiger partial charge in [0.15, 0.2) is 17.4 Å². The van der Waals surface area contributed by atoms with Crippen LogP contribution in [0.3, 0.4) is 0 Å². The molecule has 1 atom stereocenters. The Morgan fingerprint density at radius 2 is 1.96 bits per heavy atom. The summed E-state index contributed by atoms with van der Waals surface area (Å²) in [6, 6.07) is 3.66. The molecule has 3 saturated heterocycles. The Morgan fingerprint density at radius 3 is 2.58 bits per heavy atom. The molecule has 1 unspecified atom stereocenters. The van der Waals surface area contributed by atoms with E-state index in [0.717, 1.165) is 44.6 Å². The lowest BCUT2D eigenvalue weighted by atomic mass is 10.0. The monoisotopic (exact) mass is 334 g/mol. The molecule has 1 aromatic rings. The fourth-order valence-electron chi connectivity index (χ4n) is 3.41. The smallest absolute Gasteiger partial charge is 0.254 e. The minimum Gasteiger partial charge on any atom is -0.368 e. The summed E-state index contributed by atoms with van der Waals surface area (Å²) in [7, 11) is 0. The Morgan fingerprint density at radius 1 is 1.17 bits per heavy atom. The first-order valence-electron chi connectivity index (χ1n) is 8.53. The summed E-state index contributed by atoms with van der Waals surface area (Å²) >= 11 is 0. The van der Waals surface area contributed by atoms with E-state index in [9.17, 15) is 4.79 Å². The molecule has 1 amide bonds. The molecule has 3 aliphatic rings. The number of rotatable bonds is 3. The third-order valence-corrected chi connectivity index (χ3v) is 4.79. The lowest BCUT2D eigenvalue weighted by Crippen LogP contribution is -2.45. The van der Waals surface area contributed by atoms with Crippen molar-refractivity contribution in [2.75, 3.05) is 43.1 Å². The number of aromatic nitrogens is 2. The van der Waals surface area contributed by atoms with E-state index in [1.165, 1.54) is 0 Å². The highest BCUT2D eigenvalue weighted by atomic mass is 16.7. The molecule has 4 rings (SSSR count). The number of carbonyl (C=O) groups excluding carboxylic acids is 1. The van der Waals surface area contributed by atoms with Gasteiger partial charge in [0, 0.05) is 32.5 Å². The molecule has 24 heavy (non-hydrogen) atoms. The van der Waals surface area contributed by atoms with Gasteiger partial charge < -0.3 is 24.4 Å². The minimum atomic E-state index is -0.390. The largest absolute Gasteiger partial charge is 0.368 e. The third-order valence-electron chi connectivity index (χ3n) is 4.79. The van der Waals surface area contributed by atoms with Gasteiger partial charge in [-0.05, 0) is 25.0 Å². The van der Waals surface area contributed by atoms with E-state index in [1.54, 1.807) is 6.07 Å². The van der Waals surface area contributed by atoms with E-state index in [4.69, 9.17) is 14.2 Å². The lowest BCUT2D eigenvalue weighted by molar-refractivity contribution is -0.169. The number of hydrogen-bond donors (Lipinski definition) is 1. The molecule has 3 aliphatic heterocycles. The topological polar surface area (TPSA) is 85.8 Å². The highest BCUT2D eigenvalue weighted by molar-refractivity contribution is 5.93. The summed E-state index contributed by atoms with van der Waals surface area (Å²) in [5, 5.41) is 11.1. The molecule has 0 aliphatic carbocycles. The molecule has 1 aromatic heterocycles. The number of carbonyl (C=O) groups is 1. The second-order valence-electron chi connectivity index (χ2n) is 6.36. The standard InChI is InChI=1S/C16H22N4O4/c21-15(12-2-1-9-22-12)17-13-3-4-14(19-18-13)20-7-5-16(6-8-20)23-10-11-24-16/h3-4,12H,1-2,5-11H2,(H,17,18,21). The van der Waals surface area contributed by atoms with Gasteiger partial charge >= 0.3 is 0 Å². The van der Waals surface area contributed by atoms with Gasteiger partial charge in [-0.3, -0.25) is 4.79 Å². The number of piperidine rings is 1. The van der Waals surface area contributed by atoms with Crippen LogP contribution in [0.25, 0.3) is 0 Å². The van der Waals surface area contributed by atoms with Crippen molar-refractivity contribution in [1.82, 2.24) is 10.2 Å². The predicted octanol–water partition coefficient (Wildman–Crippen LogP) is 0.937. The predicted molar refractivity (Wildman–Crippen MR) is 85.7 cm³/mol. The molecule has 8 heteroatoms. The number of hydrogen-bond acceptors (Lipinski definition) is 7. The van der Waals surface area contributed by atoms with Crippen LogP contribution in [0.1, 0.15) is 25.7 Å². The molecule has 1 spiro atoms. The van der Waals surface area contributed by atoms with Crippen LogP contribution in [0.4, 0.5) is 11.6 Å².